The zero-order valence-electron chi connectivity index (χ0n) is 4.81. The normalized spacial score (nSPS) is 16.7. The monoisotopic (exact) mass is 103 g/mol. The van der Waals surface area contributed by atoms with Crippen LogP contribution in [-0.4, -0.2) is 11.7 Å². The van der Waals surface area contributed by atoms with Crippen LogP contribution in [-0.2, 0) is 0 Å². The molecule has 0 bridgehead atoms. The van der Waals surface area contributed by atoms with Crippen LogP contribution < -0.4 is 17.2 Å². The molecule has 1 atom stereocenters. The minimum absolute atomic E-state index is 0.146. The molecule has 0 spiro atoms. The maximum atomic E-state index is 5.33. The van der Waals surface area contributed by atoms with E-state index in [9.17, 15) is 0 Å². The summed E-state index contributed by atoms with van der Waals surface area (Å²) in [5, 5.41) is 0. The molecule has 6 N–H and O–H groups in total. The molecule has 0 amide bonds. The lowest BCUT2D eigenvalue weighted by atomic mass is 10.1. The molecular formula is C4H13N3. The quantitative estimate of drug-likeness (QED) is 0.371. The highest BCUT2D eigenvalue weighted by Crippen LogP contribution is 1.90. The van der Waals surface area contributed by atoms with Crippen LogP contribution in [0.2, 0.25) is 0 Å². The molecule has 0 fully saturated rings. The Kier molecular flexibility index (Phi) is 1.75. The van der Waals surface area contributed by atoms with E-state index in [1.54, 1.807) is 13.8 Å². The molecule has 0 aromatic heterocycles. The van der Waals surface area contributed by atoms with Gasteiger partial charge < -0.3 is 17.2 Å². The Morgan fingerprint density at radius 1 is 1.43 bits per heavy atom. The molecule has 3 heteroatoms. The van der Waals surface area contributed by atoms with Crippen molar-refractivity contribution in [3.05, 3.63) is 0 Å². The SMILES string of the molecule is CC(N)C(C)(N)N. The molecule has 0 aromatic rings. The fourth-order valence-electron chi connectivity index (χ4n) is 0. The minimum Gasteiger partial charge on any atom is -0.325 e. The van der Waals surface area contributed by atoms with Crippen LogP contribution >= 0.6 is 0 Å². The minimum atomic E-state index is -0.722. The molecule has 0 aromatic carbocycles. The van der Waals surface area contributed by atoms with Gasteiger partial charge in [-0.05, 0) is 13.8 Å². The van der Waals surface area contributed by atoms with Gasteiger partial charge in [-0.3, -0.25) is 0 Å². The largest absolute Gasteiger partial charge is 0.325 e. The molecule has 0 saturated heterocycles. The van der Waals surface area contributed by atoms with E-state index in [1.807, 2.05) is 0 Å². The summed E-state index contributed by atoms with van der Waals surface area (Å²) in [4.78, 5) is 0. The van der Waals surface area contributed by atoms with Gasteiger partial charge in [-0.1, -0.05) is 0 Å². The first kappa shape index (κ1) is 6.88. The molecule has 0 saturated carbocycles. The second-order valence-corrected chi connectivity index (χ2v) is 2.15. The lowest BCUT2D eigenvalue weighted by Crippen LogP contribution is -2.58. The molecule has 1 unspecified atom stereocenters. The molecule has 0 aliphatic carbocycles. The van der Waals surface area contributed by atoms with Gasteiger partial charge in [0.1, 0.15) is 0 Å². The van der Waals surface area contributed by atoms with E-state index in [0.717, 1.165) is 0 Å². The highest BCUT2D eigenvalue weighted by Gasteiger charge is 2.15. The molecule has 0 heterocycles. The van der Waals surface area contributed by atoms with Gasteiger partial charge in [0.05, 0.1) is 5.66 Å². The summed E-state index contributed by atoms with van der Waals surface area (Å²) in [6.07, 6.45) is 0. The standard InChI is InChI=1S/C4H13N3/c1-3(5)4(2,6)7/h3H,5-7H2,1-2H3. The van der Waals surface area contributed by atoms with E-state index in [4.69, 9.17) is 17.2 Å². The average Bonchev–Trinajstić information content (AvgIpc) is 1.31. The van der Waals surface area contributed by atoms with Crippen LogP contribution in [0.3, 0.4) is 0 Å². The third-order valence-corrected chi connectivity index (χ3v) is 0.981. The van der Waals surface area contributed by atoms with Crippen LogP contribution in [0.1, 0.15) is 13.8 Å². The van der Waals surface area contributed by atoms with Crippen LogP contribution in [0.15, 0.2) is 0 Å². The van der Waals surface area contributed by atoms with Crippen molar-refractivity contribution in [2.24, 2.45) is 17.2 Å². The Hall–Kier alpha value is -0.120. The molecule has 44 valence electrons. The van der Waals surface area contributed by atoms with Gasteiger partial charge in [0.2, 0.25) is 0 Å². The number of hydrogen-bond donors (Lipinski definition) is 3. The Labute approximate surface area is 43.9 Å². The maximum Gasteiger partial charge on any atom is 0.0760 e. The third-order valence-electron chi connectivity index (χ3n) is 0.981. The number of nitrogens with two attached hydrogens (primary N) is 3. The van der Waals surface area contributed by atoms with Crippen molar-refractivity contribution < 1.29 is 0 Å². The molecule has 0 aliphatic heterocycles. The fourth-order valence-corrected chi connectivity index (χ4v) is 0. The van der Waals surface area contributed by atoms with Crippen LogP contribution in [0.25, 0.3) is 0 Å². The Balaban J connectivity index is 3.54. The Bertz CT molecular complexity index is 52.4. The summed E-state index contributed by atoms with van der Waals surface area (Å²) in [7, 11) is 0. The van der Waals surface area contributed by atoms with Gasteiger partial charge in [-0.15, -0.1) is 0 Å². The summed E-state index contributed by atoms with van der Waals surface area (Å²) in [6.45, 7) is 3.47. The first-order valence-electron chi connectivity index (χ1n) is 2.28. The zero-order chi connectivity index (χ0) is 6.08. The summed E-state index contributed by atoms with van der Waals surface area (Å²) in [6, 6.07) is -0.146. The number of hydrogen-bond acceptors (Lipinski definition) is 3. The highest BCUT2D eigenvalue weighted by molar-refractivity contribution is 4.79. The van der Waals surface area contributed by atoms with Gasteiger partial charge in [0.15, 0.2) is 0 Å². The molecule has 0 aliphatic rings. The molecule has 0 rings (SSSR count). The van der Waals surface area contributed by atoms with Gasteiger partial charge in [0.25, 0.3) is 0 Å². The lowest BCUT2D eigenvalue weighted by molar-refractivity contribution is 0.410. The van der Waals surface area contributed by atoms with Gasteiger partial charge in [0, 0.05) is 6.04 Å². The Morgan fingerprint density at radius 2 is 1.57 bits per heavy atom. The van der Waals surface area contributed by atoms with Crippen molar-refractivity contribution in [1.82, 2.24) is 0 Å². The van der Waals surface area contributed by atoms with Crippen molar-refractivity contribution in [3.63, 3.8) is 0 Å². The Morgan fingerprint density at radius 3 is 1.57 bits per heavy atom. The van der Waals surface area contributed by atoms with Crippen LogP contribution in [0.4, 0.5) is 0 Å². The van der Waals surface area contributed by atoms with Gasteiger partial charge in [-0.2, -0.15) is 0 Å². The molecule has 0 radical (unpaired) electrons. The third kappa shape index (κ3) is 2.56. The van der Waals surface area contributed by atoms with E-state index < -0.39 is 5.66 Å². The summed E-state index contributed by atoms with van der Waals surface area (Å²) in [5.41, 5.74) is 15.3. The average molecular weight is 103 g/mol. The van der Waals surface area contributed by atoms with Crippen molar-refractivity contribution in [1.29, 1.82) is 0 Å². The lowest BCUT2D eigenvalue weighted by Gasteiger charge is -2.22. The molecule has 7 heavy (non-hydrogen) atoms. The van der Waals surface area contributed by atoms with Gasteiger partial charge >= 0.3 is 0 Å². The smallest absolute Gasteiger partial charge is 0.0760 e. The van der Waals surface area contributed by atoms with E-state index >= 15 is 0 Å². The first-order valence-corrected chi connectivity index (χ1v) is 2.28. The second-order valence-electron chi connectivity index (χ2n) is 2.15. The summed E-state index contributed by atoms with van der Waals surface area (Å²) < 4.78 is 0. The predicted octanol–water partition coefficient (Wildman–Crippen LogP) is -1.03. The summed E-state index contributed by atoms with van der Waals surface area (Å²) in [5.74, 6) is 0. The van der Waals surface area contributed by atoms with Gasteiger partial charge in [-0.25, -0.2) is 0 Å². The van der Waals surface area contributed by atoms with E-state index in [2.05, 4.69) is 0 Å². The van der Waals surface area contributed by atoms with E-state index in [0.29, 0.717) is 0 Å². The van der Waals surface area contributed by atoms with Crippen molar-refractivity contribution in [2.75, 3.05) is 0 Å². The highest BCUT2D eigenvalue weighted by atomic mass is 15.0. The molecular weight excluding hydrogens is 90.1 g/mol. The second kappa shape index (κ2) is 1.78. The maximum absolute atomic E-state index is 5.33. The topological polar surface area (TPSA) is 78.1 Å². The molecule has 3 nitrogen and oxygen atoms in total. The first-order chi connectivity index (χ1) is 2.94. The van der Waals surface area contributed by atoms with E-state index in [1.165, 1.54) is 0 Å². The fraction of sp³-hybridized carbons (Fsp3) is 1.00. The van der Waals surface area contributed by atoms with E-state index in [-0.39, 0.29) is 6.04 Å². The van der Waals surface area contributed by atoms with Crippen molar-refractivity contribution in [3.8, 4) is 0 Å². The predicted molar refractivity (Wildman–Crippen MR) is 30.4 cm³/mol. The van der Waals surface area contributed by atoms with Crippen molar-refractivity contribution in [2.45, 2.75) is 25.6 Å². The summed E-state index contributed by atoms with van der Waals surface area (Å²) >= 11 is 0. The van der Waals surface area contributed by atoms with Crippen LogP contribution in [0.5, 0.6) is 0 Å². The van der Waals surface area contributed by atoms with Crippen LogP contribution in [0, 0.1) is 0 Å². The number of rotatable bonds is 1. The zero-order valence-corrected chi connectivity index (χ0v) is 4.81. The van der Waals surface area contributed by atoms with Crippen molar-refractivity contribution >= 4 is 0 Å².